The maximum absolute atomic E-state index is 12.5. The Morgan fingerprint density at radius 1 is 1.38 bits per heavy atom. The van der Waals surface area contributed by atoms with Gasteiger partial charge in [0.15, 0.2) is 5.03 Å². The number of nitro groups is 1. The predicted molar refractivity (Wildman–Crippen MR) is 74.7 cm³/mol. The van der Waals surface area contributed by atoms with Crippen LogP contribution in [-0.2, 0) is 9.59 Å². The minimum Gasteiger partial charge on any atom is -0.329 e. The Morgan fingerprint density at radius 2 is 2.05 bits per heavy atom. The second-order valence-electron chi connectivity index (χ2n) is 4.67. The predicted octanol–water partition coefficient (Wildman–Crippen LogP) is 0.161. The van der Waals surface area contributed by atoms with Crippen molar-refractivity contribution in [1.29, 1.82) is 0 Å². The molecule has 0 spiro atoms. The lowest BCUT2D eigenvalue weighted by Gasteiger charge is -2.24. The molecule has 0 unspecified atom stereocenters. The highest BCUT2D eigenvalue weighted by Gasteiger charge is 2.40. The van der Waals surface area contributed by atoms with E-state index in [1.165, 1.54) is 17.0 Å². The summed E-state index contributed by atoms with van der Waals surface area (Å²) < 4.78 is 0. The van der Waals surface area contributed by atoms with Gasteiger partial charge in [0.1, 0.15) is 11.7 Å². The van der Waals surface area contributed by atoms with E-state index in [1.807, 2.05) is 0 Å². The summed E-state index contributed by atoms with van der Waals surface area (Å²) >= 11 is 0. The molecule has 1 heterocycles. The van der Waals surface area contributed by atoms with Crippen LogP contribution < -0.4 is 10.7 Å². The summed E-state index contributed by atoms with van der Waals surface area (Å²) in [6, 6.07) is 7.04. The highest BCUT2D eigenvalue weighted by Crippen LogP contribution is 2.23. The van der Waals surface area contributed by atoms with Crippen molar-refractivity contribution in [2.75, 3.05) is 18.1 Å². The second-order valence-corrected chi connectivity index (χ2v) is 4.67. The highest BCUT2D eigenvalue weighted by atomic mass is 16.7. The molecule has 0 bridgehead atoms. The zero-order valence-corrected chi connectivity index (χ0v) is 11.3. The van der Waals surface area contributed by atoms with Gasteiger partial charge >= 0.3 is 5.91 Å². The molecule has 2 rings (SSSR count). The molecule has 1 aliphatic heterocycles. The largest absolute Gasteiger partial charge is 0.329 e. The third-order valence-electron chi connectivity index (χ3n) is 3.41. The fraction of sp³-hybridized carbons (Fsp3) is 0.385. The van der Waals surface area contributed by atoms with Gasteiger partial charge in [0, 0.05) is 6.54 Å². The van der Waals surface area contributed by atoms with E-state index in [1.54, 1.807) is 18.2 Å². The molecule has 2 amide bonds. The Morgan fingerprint density at radius 3 is 2.62 bits per heavy atom. The third kappa shape index (κ3) is 3.00. The summed E-state index contributed by atoms with van der Waals surface area (Å²) in [5.74, 6) is -1.09. The van der Waals surface area contributed by atoms with Gasteiger partial charge in [-0.05, 0) is 30.0 Å². The molecule has 0 saturated carbocycles. The van der Waals surface area contributed by atoms with E-state index in [0.717, 1.165) is 0 Å². The first-order valence-electron chi connectivity index (χ1n) is 6.59. The summed E-state index contributed by atoms with van der Waals surface area (Å²) in [4.78, 5) is 36.7. The average molecular weight is 292 g/mol. The lowest BCUT2D eigenvalue weighted by molar-refractivity contribution is -0.484. The van der Waals surface area contributed by atoms with Crippen molar-refractivity contribution in [3.05, 3.63) is 40.4 Å². The first kappa shape index (κ1) is 14.9. The summed E-state index contributed by atoms with van der Waals surface area (Å²) in [6.45, 7) is 0.181. The molecule has 2 N–H and O–H groups in total. The molecular weight excluding hydrogens is 276 g/mol. The van der Waals surface area contributed by atoms with Gasteiger partial charge in [-0.3, -0.25) is 9.59 Å². The van der Waals surface area contributed by atoms with Gasteiger partial charge in [-0.1, -0.05) is 18.2 Å². The third-order valence-corrected chi connectivity index (χ3v) is 3.41. The molecule has 0 aliphatic carbocycles. The fourth-order valence-electron chi connectivity index (χ4n) is 2.45. The molecule has 1 aromatic rings. The van der Waals surface area contributed by atoms with Crippen LogP contribution in [0.25, 0.3) is 0 Å². The van der Waals surface area contributed by atoms with Crippen LogP contribution in [-0.4, -0.2) is 40.9 Å². The zero-order chi connectivity index (χ0) is 15.4. The summed E-state index contributed by atoms with van der Waals surface area (Å²) in [5.41, 5.74) is 5.48. The molecule has 8 nitrogen and oxygen atoms in total. The van der Waals surface area contributed by atoms with Crippen LogP contribution in [0.5, 0.6) is 0 Å². The molecule has 1 fully saturated rings. The first-order chi connectivity index (χ1) is 10.1. The number of amides is 2. The van der Waals surface area contributed by atoms with E-state index in [9.17, 15) is 19.7 Å². The normalized spacial score (nSPS) is 17.6. The van der Waals surface area contributed by atoms with E-state index in [4.69, 9.17) is 5.73 Å². The molecule has 8 heteroatoms. The number of nitrogens with two attached hydrogens (primary N) is 1. The summed E-state index contributed by atoms with van der Waals surface area (Å²) in [6.07, 6.45) is 1.03. The minimum absolute atomic E-state index is 0.166. The molecule has 0 aromatic heterocycles. The number of hydrogen-bond donors (Lipinski definition) is 1. The van der Waals surface area contributed by atoms with Crippen molar-refractivity contribution >= 4 is 17.5 Å². The molecule has 1 atom stereocenters. The Kier molecular flexibility index (Phi) is 4.49. The molecule has 0 radical (unpaired) electrons. The van der Waals surface area contributed by atoms with E-state index < -0.39 is 17.0 Å². The number of hydrogen-bond acceptors (Lipinski definition) is 5. The SMILES string of the molecule is NCC(=O)N1CCC[C@H]1C(=O)N(c1ccccc1)[N+](=O)[O-]. The Hall–Kier alpha value is -2.48. The average Bonchev–Trinajstić information content (AvgIpc) is 2.96. The van der Waals surface area contributed by atoms with Gasteiger partial charge in [0.05, 0.1) is 6.54 Å². The number of para-hydroxylation sites is 1. The van der Waals surface area contributed by atoms with Gasteiger partial charge in [-0.2, -0.15) is 0 Å². The quantitative estimate of drug-likeness (QED) is 0.628. The van der Waals surface area contributed by atoms with Crippen LogP contribution in [0.4, 0.5) is 5.69 Å². The molecule has 21 heavy (non-hydrogen) atoms. The van der Waals surface area contributed by atoms with Crippen molar-refractivity contribution in [2.45, 2.75) is 18.9 Å². The Labute approximate surface area is 121 Å². The monoisotopic (exact) mass is 292 g/mol. The molecule has 1 saturated heterocycles. The Bertz CT molecular complexity index is 548. The highest BCUT2D eigenvalue weighted by molar-refractivity contribution is 5.97. The van der Waals surface area contributed by atoms with Crippen LogP contribution in [0, 0.1) is 10.1 Å². The van der Waals surface area contributed by atoms with E-state index in [-0.39, 0.29) is 18.1 Å². The van der Waals surface area contributed by atoms with Crippen LogP contribution in [0.1, 0.15) is 12.8 Å². The number of rotatable bonds is 4. The molecular formula is C13H16N4O4. The van der Waals surface area contributed by atoms with E-state index in [0.29, 0.717) is 24.4 Å². The van der Waals surface area contributed by atoms with Crippen LogP contribution in [0.3, 0.4) is 0 Å². The number of carbonyl (C=O) groups excluding carboxylic acids is 2. The van der Waals surface area contributed by atoms with Crippen molar-refractivity contribution in [2.24, 2.45) is 5.73 Å². The van der Waals surface area contributed by atoms with Crippen molar-refractivity contribution in [3.8, 4) is 0 Å². The number of likely N-dealkylation sites (tertiary alicyclic amines) is 1. The van der Waals surface area contributed by atoms with Gasteiger partial charge in [0.2, 0.25) is 5.91 Å². The lowest BCUT2D eigenvalue weighted by Crippen LogP contribution is -2.51. The topological polar surface area (TPSA) is 110 Å². The molecule has 1 aromatic carbocycles. The Balaban J connectivity index is 2.27. The van der Waals surface area contributed by atoms with Gasteiger partial charge in [0.25, 0.3) is 0 Å². The van der Waals surface area contributed by atoms with E-state index >= 15 is 0 Å². The van der Waals surface area contributed by atoms with Crippen LogP contribution in [0.15, 0.2) is 30.3 Å². The number of hydrazine groups is 1. The second kappa shape index (κ2) is 6.31. The summed E-state index contributed by atoms with van der Waals surface area (Å²) in [5, 5.41) is 11.0. The standard InChI is InChI=1S/C13H16N4O4/c14-9-12(18)15-8-4-7-11(15)13(19)16(17(20)21)10-5-2-1-3-6-10/h1-3,5-6,11H,4,7-9,14H2/t11-/m0/s1. The molecule has 1 aliphatic rings. The maximum atomic E-state index is 12.5. The number of benzene rings is 1. The number of carbonyl (C=O) groups is 2. The zero-order valence-electron chi connectivity index (χ0n) is 11.3. The smallest absolute Gasteiger partial charge is 0.311 e. The van der Waals surface area contributed by atoms with Gasteiger partial charge < -0.3 is 10.6 Å². The molecule has 112 valence electrons. The fourth-order valence-corrected chi connectivity index (χ4v) is 2.45. The van der Waals surface area contributed by atoms with Crippen molar-refractivity contribution in [1.82, 2.24) is 4.90 Å². The van der Waals surface area contributed by atoms with Gasteiger partial charge in [-0.25, -0.2) is 10.1 Å². The van der Waals surface area contributed by atoms with Crippen molar-refractivity contribution < 1.29 is 14.6 Å². The van der Waals surface area contributed by atoms with Gasteiger partial charge in [-0.15, -0.1) is 0 Å². The first-order valence-corrected chi connectivity index (χ1v) is 6.59. The number of nitrogens with zero attached hydrogens (tertiary/aromatic N) is 3. The van der Waals surface area contributed by atoms with E-state index in [2.05, 4.69) is 0 Å². The van der Waals surface area contributed by atoms with Crippen LogP contribution in [0.2, 0.25) is 0 Å². The van der Waals surface area contributed by atoms with Crippen molar-refractivity contribution in [3.63, 3.8) is 0 Å². The van der Waals surface area contributed by atoms with Crippen LogP contribution >= 0.6 is 0 Å². The summed E-state index contributed by atoms with van der Waals surface area (Å²) in [7, 11) is 0. The lowest BCUT2D eigenvalue weighted by atomic mass is 10.2. The minimum atomic E-state index is -0.827. The number of anilines is 1. The maximum Gasteiger partial charge on any atom is 0.311 e.